The van der Waals surface area contributed by atoms with E-state index in [2.05, 4.69) is 11.4 Å². The lowest BCUT2D eigenvalue weighted by molar-refractivity contribution is -0.117. The SMILES string of the molecule is O=C(Nc1ccccc1CO)C1CSc2ccccc21. The van der Waals surface area contributed by atoms with Crippen LogP contribution in [-0.4, -0.2) is 16.8 Å². The number of hydrogen-bond donors (Lipinski definition) is 2. The first-order valence-corrected chi connectivity index (χ1v) is 7.49. The standard InChI is InChI=1S/C16H15NO2S/c18-9-11-5-1-3-7-14(11)17-16(19)13-10-20-15-8-4-2-6-12(13)15/h1-8,13,18H,9-10H2,(H,17,19). The number of rotatable bonds is 3. The second-order valence-corrected chi connectivity index (χ2v) is 5.77. The number of thioether (sulfide) groups is 1. The summed E-state index contributed by atoms with van der Waals surface area (Å²) in [6, 6.07) is 15.4. The molecule has 0 saturated heterocycles. The van der Waals surface area contributed by atoms with Crippen LogP contribution in [0.4, 0.5) is 5.69 Å². The Balaban J connectivity index is 1.81. The number of aliphatic hydroxyl groups is 1. The number of benzene rings is 2. The molecule has 1 aliphatic rings. The number of nitrogens with one attached hydrogen (secondary N) is 1. The van der Waals surface area contributed by atoms with Crippen LogP contribution in [0.15, 0.2) is 53.4 Å². The van der Waals surface area contributed by atoms with Crippen LogP contribution in [0.25, 0.3) is 0 Å². The number of anilines is 1. The van der Waals surface area contributed by atoms with Crippen LogP contribution in [-0.2, 0) is 11.4 Å². The van der Waals surface area contributed by atoms with Crippen LogP contribution < -0.4 is 5.32 Å². The molecule has 1 atom stereocenters. The Hall–Kier alpha value is -1.78. The van der Waals surface area contributed by atoms with E-state index < -0.39 is 0 Å². The molecular formula is C16H15NO2S. The lowest BCUT2D eigenvalue weighted by atomic mass is 10.0. The first-order valence-electron chi connectivity index (χ1n) is 6.51. The van der Waals surface area contributed by atoms with E-state index in [0.717, 1.165) is 16.9 Å². The fourth-order valence-electron chi connectivity index (χ4n) is 2.38. The zero-order valence-electron chi connectivity index (χ0n) is 10.9. The van der Waals surface area contributed by atoms with Crippen molar-refractivity contribution >= 4 is 23.4 Å². The van der Waals surface area contributed by atoms with Gasteiger partial charge in [0.05, 0.1) is 12.5 Å². The molecule has 1 aliphatic heterocycles. The summed E-state index contributed by atoms with van der Waals surface area (Å²) in [6.45, 7) is -0.0769. The molecule has 0 saturated carbocycles. The molecule has 4 heteroatoms. The van der Waals surface area contributed by atoms with Gasteiger partial charge in [-0.1, -0.05) is 36.4 Å². The maximum Gasteiger partial charge on any atom is 0.232 e. The third kappa shape index (κ3) is 2.44. The van der Waals surface area contributed by atoms with Crippen molar-refractivity contribution in [2.24, 2.45) is 0 Å². The van der Waals surface area contributed by atoms with E-state index in [4.69, 9.17) is 0 Å². The molecule has 0 spiro atoms. The predicted molar refractivity (Wildman–Crippen MR) is 80.9 cm³/mol. The van der Waals surface area contributed by atoms with E-state index in [9.17, 15) is 9.90 Å². The molecule has 0 bridgehead atoms. The van der Waals surface area contributed by atoms with Crippen molar-refractivity contribution in [2.45, 2.75) is 17.4 Å². The van der Waals surface area contributed by atoms with Gasteiger partial charge in [0.2, 0.25) is 5.91 Å². The molecule has 2 aromatic rings. The molecule has 1 unspecified atom stereocenters. The number of para-hydroxylation sites is 1. The van der Waals surface area contributed by atoms with E-state index in [0.29, 0.717) is 5.69 Å². The highest BCUT2D eigenvalue weighted by Crippen LogP contribution is 2.39. The Labute approximate surface area is 122 Å². The van der Waals surface area contributed by atoms with E-state index in [1.54, 1.807) is 11.8 Å². The number of aliphatic hydroxyl groups excluding tert-OH is 1. The molecule has 20 heavy (non-hydrogen) atoms. The molecule has 2 N–H and O–H groups in total. The summed E-state index contributed by atoms with van der Waals surface area (Å²) in [7, 11) is 0. The minimum absolute atomic E-state index is 0.0108. The van der Waals surface area contributed by atoms with Gasteiger partial charge in [-0.2, -0.15) is 0 Å². The molecule has 2 aromatic carbocycles. The maximum atomic E-state index is 12.4. The minimum Gasteiger partial charge on any atom is -0.392 e. The van der Waals surface area contributed by atoms with Crippen molar-refractivity contribution in [3.05, 3.63) is 59.7 Å². The van der Waals surface area contributed by atoms with Gasteiger partial charge in [-0.15, -0.1) is 11.8 Å². The lowest BCUT2D eigenvalue weighted by Gasteiger charge is -2.13. The van der Waals surface area contributed by atoms with Gasteiger partial charge in [0.25, 0.3) is 0 Å². The van der Waals surface area contributed by atoms with Crippen molar-refractivity contribution in [1.82, 2.24) is 0 Å². The Morgan fingerprint density at radius 3 is 2.80 bits per heavy atom. The monoisotopic (exact) mass is 285 g/mol. The van der Waals surface area contributed by atoms with Gasteiger partial charge >= 0.3 is 0 Å². The fourth-order valence-corrected chi connectivity index (χ4v) is 3.61. The number of carbonyl (C=O) groups is 1. The van der Waals surface area contributed by atoms with Gasteiger partial charge in [0, 0.05) is 21.9 Å². The van der Waals surface area contributed by atoms with Crippen molar-refractivity contribution < 1.29 is 9.90 Å². The van der Waals surface area contributed by atoms with Crippen molar-refractivity contribution in [1.29, 1.82) is 0 Å². The Bertz CT molecular complexity index is 642. The zero-order valence-corrected chi connectivity index (χ0v) is 11.7. The van der Waals surface area contributed by atoms with Crippen LogP contribution in [0.5, 0.6) is 0 Å². The summed E-state index contributed by atoms with van der Waals surface area (Å²) >= 11 is 1.71. The van der Waals surface area contributed by atoms with Crippen molar-refractivity contribution in [3.63, 3.8) is 0 Å². The second kappa shape index (κ2) is 5.69. The average molecular weight is 285 g/mol. The smallest absolute Gasteiger partial charge is 0.232 e. The molecule has 0 aliphatic carbocycles. The highest BCUT2D eigenvalue weighted by atomic mass is 32.2. The van der Waals surface area contributed by atoms with Crippen LogP contribution in [0.2, 0.25) is 0 Å². The van der Waals surface area contributed by atoms with Crippen LogP contribution in [0.3, 0.4) is 0 Å². The molecule has 0 aromatic heterocycles. The predicted octanol–water partition coefficient (Wildman–Crippen LogP) is 3.01. The minimum atomic E-state index is -0.122. The number of fused-ring (bicyclic) bond motifs is 1. The molecule has 0 fully saturated rings. The van der Waals surface area contributed by atoms with Crippen molar-refractivity contribution in [3.8, 4) is 0 Å². The number of amides is 1. The summed E-state index contributed by atoms with van der Waals surface area (Å²) < 4.78 is 0. The van der Waals surface area contributed by atoms with Gasteiger partial charge in [0.15, 0.2) is 0 Å². The lowest BCUT2D eigenvalue weighted by Crippen LogP contribution is -2.21. The molecule has 3 nitrogen and oxygen atoms in total. The summed E-state index contributed by atoms with van der Waals surface area (Å²) in [5.41, 5.74) is 2.52. The Kier molecular flexibility index (Phi) is 3.76. The van der Waals surface area contributed by atoms with Gasteiger partial charge in [0.1, 0.15) is 0 Å². The van der Waals surface area contributed by atoms with Gasteiger partial charge in [-0.25, -0.2) is 0 Å². The Morgan fingerprint density at radius 2 is 1.95 bits per heavy atom. The normalized spacial score (nSPS) is 16.8. The molecule has 3 rings (SSSR count). The fraction of sp³-hybridized carbons (Fsp3) is 0.188. The highest BCUT2D eigenvalue weighted by molar-refractivity contribution is 7.99. The van der Waals surface area contributed by atoms with Crippen LogP contribution >= 0.6 is 11.8 Å². The first kappa shape index (κ1) is 13.2. The van der Waals surface area contributed by atoms with E-state index in [1.165, 1.54) is 4.90 Å². The molecular weight excluding hydrogens is 270 g/mol. The first-order chi connectivity index (χ1) is 9.79. The molecule has 0 radical (unpaired) electrons. The number of hydrogen-bond acceptors (Lipinski definition) is 3. The quantitative estimate of drug-likeness (QED) is 0.911. The third-order valence-electron chi connectivity index (χ3n) is 3.46. The average Bonchev–Trinajstić information content (AvgIpc) is 2.92. The van der Waals surface area contributed by atoms with Gasteiger partial charge in [-0.3, -0.25) is 4.79 Å². The third-order valence-corrected chi connectivity index (χ3v) is 4.64. The van der Waals surface area contributed by atoms with Gasteiger partial charge in [-0.05, 0) is 17.7 Å². The summed E-state index contributed by atoms with van der Waals surface area (Å²) in [4.78, 5) is 13.6. The molecule has 1 heterocycles. The van der Waals surface area contributed by atoms with Crippen molar-refractivity contribution in [2.75, 3.05) is 11.1 Å². The van der Waals surface area contributed by atoms with E-state index in [-0.39, 0.29) is 18.4 Å². The van der Waals surface area contributed by atoms with Gasteiger partial charge < -0.3 is 10.4 Å². The summed E-state index contributed by atoms with van der Waals surface area (Å²) in [5.74, 6) is 0.637. The summed E-state index contributed by atoms with van der Waals surface area (Å²) in [6.07, 6.45) is 0. The molecule has 1 amide bonds. The highest BCUT2D eigenvalue weighted by Gasteiger charge is 2.29. The summed E-state index contributed by atoms with van der Waals surface area (Å²) in [5, 5.41) is 12.2. The molecule has 102 valence electrons. The van der Waals surface area contributed by atoms with Crippen LogP contribution in [0, 0.1) is 0 Å². The number of carbonyl (C=O) groups excluding carboxylic acids is 1. The maximum absolute atomic E-state index is 12.4. The Morgan fingerprint density at radius 1 is 1.20 bits per heavy atom. The van der Waals surface area contributed by atoms with Crippen LogP contribution in [0.1, 0.15) is 17.0 Å². The van der Waals surface area contributed by atoms with E-state index in [1.807, 2.05) is 42.5 Å². The largest absolute Gasteiger partial charge is 0.392 e. The topological polar surface area (TPSA) is 49.3 Å². The van der Waals surface area contributed by atoms with E-state index >= 15 is 0 Å². The zero-order chi connectivity index (χ0) is 13.9. The second-order valence-electron chi connectivity index (χ2n) is 4.71.